The minimum atomic E-state index is -1.01. The fourth-order valence-corrected chi connectivity index (χ4v) is 3.67. The van der Waals surface area contributed by atoms with Crippen LogP contribution in [0.15, 0.2) is 52.4 Å². The zero-order valence-electron chi connectivity index (χ0n) is 15.3. The first kappa shape index (κ1) is 20.5. The largest absolute Gasteiger partial charge is 0.479 e. The highest BCUT2D eigenvalue weighted by molar-refractivity contribution is 8.18. The number of carboxylic acids is 1. The lowest BCUT2D eigenvalue weighted by Crippen LogP contribution is -2.23. The normalized spacial score (nSPS) is 16.3. The van der Waals surface area contributed by atoms with E-state index >= 15 is 0 Å². The highest BCUT2D eigenvalue weighted by Crippen LogP contribution is 2.34. The van der Waals surface area contributed by atoms with E-state index in [4.69, 9.17) is 27.9 Å². The molecule has 0 aliphatic carbocycles. The van der Waals surface area contributed by atoms with Crippen molar-refractivity contribution in [2.24, 2.45) is 4.99 Å². The molecule has 29 heavy (non-hydrogen) atoms. The summed E-state index contributed by atoms with van der Waals surface area (Å²) in [6, 6.07) is 11.3. The molecule has 8 heteroatoms. The van der Waals surface area contributed by atoms with Crippen LogP contribution in [-0.4, -0.2) is 40.7 Å². The van der Waals surface area contributed by atoms with Crippen LogP contribution in [0.25, 0.3) is 6.08 Å². The molecule has 0 unspecified atom stereocenters. The number of nitrogens with zero attached hydrogens (tertiary/aromatic N) is 2. The summed E-state index contributed by atoms with van der Waals surface area (Å²) in [6.07, 6.45) is 6.89. The fraction of sp³-hybridized carbons (Fsp3) is 0.0952. The molecular formula is C21H15ClN2O4S. The van der Waals surface area contributed by atoms with Gasteiger partial charge in [-0.25, -0.2) is 9.79 Å². The number of hydrogen-bond acceptors (Lipinski definition) is 5. The number of aromatic carboxylic acids is 1. The van der Waals surface area contributed by atoms with Crippen LogP contribution in [0.5, 0.6) is 5.75 Å². The van der Waals surface area contributed by atoms with E-state index in [0.717, 1.165) is 5.56 Å². The summed E-state index contributed by atoms with van der Waals surface area (Å²) in [6.45, 7) is 0.118. The molecule has 1 aliphatic rings. The van der Waals surface area contributed by atoms with Gasteiger partial charge in [0.15, 0.2) is 5.17 Å². The number of amides is 1. The number of likely N-dealkylation sites (N-methyl/N-ethyl adjacent to an activating group) is 1. The SMILES string of the molecule is C#CCOc1ccc(C=C2SC(=Nc3ccc(C(=O)O)cc3)N(C)C2=O)cc1Cl. The molecule has 1 heterocycles. The molecular weight excluding hydrogens is 412 g/mol. The molecule has 0 atom stereocenters. The van der Waals surface area contributed by atoms with Gasteiger partial charge in [0.25, 0.3) is 5.91 Å². The third-order valence-electron chi connectivity index (χ3n) is 3.91. The minimum absolute atomic E-state index is 0.118. The monoisotopic (exact) mass is 426 g/mol. The second-order valence-corrected chi connectivity index (χ2v) is 7.32. The van der Waals surface area contributed by atoms with Crippen LogP contribution in [0, 0.1) is 12.3 Å². The van der Waals surface area contributed by atoms with Crippen molar-refractivity contribution in [2.45, 2.75) is 0 Å². The van der Waals surface area contributed by atoms with E-state index in [1.807, 2.05) is 0 Å². The van der Waals surface area contributed by atoms with Gasteiger partial charge in [0, 0.05) is 7.05 Å². The highest BCUT2D eigenvalue weighted by atomic mass is 35.5. The summed E-state index contributed by atoms with van der Waals surface area (Å²) in [5.41, 5.74) is 1.46. The topological polar surface area (TPSA) is 79.2 Å². The van der Waals surface area contributed by atoms with Crippen molar-refractivity contribution in [1.29, 1.82) is 0 Å². The van der Waals surface area contributed by atoms with Crippen molar-refractivity contribution in [1.82, 2.24) is 4.90 Å². The van der Waals surface area contributed by atoms with E-state index in [1.165, 1.54) is 28.8 Å². The summed E-state index contributed by atoms with van der Waals surface area (Å²) in [5, 5.41) is 9.85. The molecule has 2 aromatic rings. The number of terminal acetylenes is 1. The van der Waals surface area contributed by atoms with E-state index in [0.29, 0.717) is 26.5 Å². The molecule has 0 aromatic heterocycles. The first-order valence-electron chi connectivity index (χ1n) is 8.34. The summed E-state index contributed by atoms with van der Waals surface area (Å²) in [7, 11) is 1.63. The molecule has 0 saturated carbocycles. The second-order valence-electron chi connectivity index (χ2n) is 5.90. The van der Waals surface area contributed by atoms with Crippen molar-refractivity contribution in [3.8, 4) is 18.1 Å². The Morgan fingerprint density at radius 1 is 1.34 bits per heavy atom. The number of halogens is 1. The number of carbonyl (C=O) groups is 2. The average molecular weight is 427 g/mol. The molecule has 3 rings (SSSR count). The number of benzene rings is 2. The first-order valence-corrected chi connectivity index (χ1v) is 9.54. The predicted octanol–water partition coefficient (Wildman–Crippen LogP) is 4.28. The number of carbonyl (C=O) groups excluding carboxylic acids is 1. The Morgan fingerprint density at radius 3 is 2.69 bits per heavy atom. The Balaban J connectivity index is 1.82. The van der Waals surface area contributed by atoms with Gasteiger partial charge in [-0.3, -0.25) is 9.69 Å². The third-order valence-corrected chi connectivity index (χ3v) is 5.26. The van der Waals surface area contributed by atoms with E-state index in [2.05, 4.69) is 10.9 Å². The zero-order valence-corrected chi connectivity index (χ0v) is 16.8. The Labute approximate surface area is 176 Å². The molecule has 2 aromatic carbocycles. The number of rotatable bonds is 5. The van der Waals surface area contributed by atoms with Gasteiger partial charge < -0.3 is 9.84 Å². The smallest absolute Gasteiger partial charge is 0.335 e. The molecule has 1 amide bonds. The van der Waals surface area contributed by atoms with Crippen LogP contribution < -0.4 is 4.74 Å². The van der Waals surface area contributed by atoms with Crippen molar-refractivity contribution in [2.75, 3.05) is 13.7 Å². The molecule has 6 nitrogen and oxygen atoms in total. The number of amidine groups is 1. The predicted molar refractivity (Wildman–Crippen MR) is 115 cm³/mol. The summed E-state index contributed by atoms with van der Waals surface area (Å²) >= 11 is 7.42. The molecule has 1 saturated heterocycles. The highest BCUT2D eigenvalue weighted by Gasteiger charge is 2.30. The van der Waals surface area contributed by atoms with Crippen LogP contribution in [0.1, 0.15) is 15.9 Å². The average Bonchev–Trinajstić information content (AvgIpc) is 2.95. The number of thioether (sulfide) groups is 1. The Bertz CT molecular complexity index is 1070. The maximum Gasteiger partial charge on any atom is 0.335 e. The molecule has 0 radical (unpaired) electrons. The van der Waals surface area contributed by atoms with Crippen LogP contribution in [-0.2, 0) is 4.79 Å². The van der Waals surface area contributed by atoms with E-state index in [1.54, 1.807) is 43.5 Å². The number of aliphatic imine (C=N–C) groups is 1. The Hall–Kier alpha value is -3.21. The van der Waals surface area contributed by atoms with Crippen LogP contribution in [0.4, 0.5) is 5.69 Å². The standard InChI is InChI=1S/C21H15ClN2O4S/c1-3-10-28-17-9-4-13(11-16(17)22)12-18-19(25)24(2)21(29-18)23-15-7-5-14(6-8-15)20(26)27/h1,4-9,11-12H,10H2,2H3,(H,26,27). The maximum atomic E-state index is 12.5. The number of ether oxygens (including phenoxy) is 1. The van der Waals surface area contributed by atoms with Crippen molar-refractivity contribution in [3.63, 3.8) is 0 Å². The van der Waals surface area contributed by atoms with Gasteiger partial charge in [-0.15, -0.1) is 6.42 Å². The zero-order chi connectivity index (χ0) is 21.0. The third kappa shape index (κ3) is 4.80. The Morgan fingerprint density at radius 2 is 2.07 bits per heavy atom. The minimum Gasteiger partial charge on any atom is -0.479 e. The molecule has 1 aliphatic heterocycles. The van der Waals surface area contributed by atoms with E-state index in [9.17, 15) is 9.59 Å². The lowest BCUT2D eigenvalue weighted by Gasteiger charge is -2.07. The van der Waals surface area contributed by atoms with Gasteiger partial charge in [0.1, 0.15) is 12.4 Å². The Kier molecular flexibility index (Phi) is 6.27. The fourth-order valence-electron chi connectivity index (χ4n) is 2.44. The molecule has 1 N–H and O–H groups in total. The number of carboxylic acid groups (broad SMARTS) is 1. The lowest BCUT2D eigenvalue weighted by molar-refractivity contribution is -0.121. The van der Waals surface area contributed by atoms with Gasteiger partial charge in [-0.05, 0) is 59.8 Å². The van der Waals surface area contributed by atoms with Crippen LogP contribution in [0.3, 0.4) is 0 Å². The second kappa shape index (κ2) is 8.86. The van der Waals surface area contributed by atoms with Crippen molar-refractivity contribution in [3.05, 3.63) is 63.5 Å². The van der Waals surface area contributed by atoms with Gasteiger partial charge >= 0.3 is 5.97 Å². The van der Waals surface area contributed by atoms with Gasteiger partial charge in [-0.1, -0.05) is 23.6 Å². The molecule has 0 bridgehead atoms. The van der Waals surface area contributed by atoms with E-state index < -0.39 is 5.97 Å². The van der Waals surface area contributed by atoms with Gasteiger partial charge in [-0.2, -0.15) is 0 Å². The molecule has 0 spiro atoms. The van der Waals surface area contributed by atoms with Crippen LogP contribution >= 0.6 is 23.4 Å². The van der Waals surface area contributed by atoms with Gasteiger partial charge in [0.2, 0.25) is 0 Å². The summed E-state index contributed by atoms with van der Waals surface area (Å²) < 4.78 is 5.33. The van der Waals surface area contributed by atoms with Crippen molar-refractivity contribution < 1.29 is 19.4 Å². The summed E-state index contributed by atoms with van der Waals surface area (Å²) in [5.74, 6) is 1.64. The first-order chi connectivity index (χ1) is 13.9. The summed E-state index contributed by atoms with van der Waals surface area (Å²) in [4.78, 5) is 29.8. The lowest BCUT2D eigenvalue weighted by atomic mass is 10.2. The molecule has 1 fully saturated rings. The number of hydrogen-bond donors (Lipinski definition) is 1. The molecule has 146 valence electrons. The van der Waals surface area contributed by atoms with Crippen molar-refractivity contribution >= 4 is 52.2 Å². The maximum absolute atomic E-state index is 12.5. The van der Waals surface area contributed by atoms with Gasteiger partial charge in [0.05, 0.1) is 21.2 Å². The van der Waals surface area contributed by atoms with E-state index in [-0.39, 0.29) is 18.1 Å². The van der Waals surface area contributed by atoms with Crippen LogP contribution in [0.2, 0.25) is 5.02 Å². The quantitative estimate of drug-likeness (QED) is 0.570.